The van der Waals surface area contributed by atoms with Crippen molar-refractivity contribution in [1.82, 2.24) is 10.3 Å². The number of para-hydroxylation sites is 1. The second-order valence-electron chi connectivity index (χ2n) is 8.27. The molecule has 0 radical (unpaired) electrons. The third-order valence-electron chi connectivity index (χ3n) is 5.68. The van der Waals surface area contributed by atoms with Gasteiger partial charge in [-0.25, -0.2) is 0 Å². The van der Waals surface area contributed by atoms with Gasteiger partial charge in [-0.1, -0.05) is 72.8 Å². The monoisotopic (exact) mass is 464 g/mol. The van der Waals surface area contributed by atoms with Crippen molar-refractivity contribution in [3.8, 4) is 5.75 Å². The maximum Gasteiger partial charge on any atom is 0.258 e. The number of carbonyl (C=O) groups excluding carboxylic acids is 2. The van der Waals surface area contributed by atoms with Crippen LogP contribution in [0.25, 0.3) is 0 Å². The van der Waals surface area contributed by atoms with Gasteiger partial charge in [-0.05, 0) is 60.2 Å². The normalized spacial score (nSPS) is 10.5. The highest BCUT2D eigenvalue weighted by Crippen LogP contribution is 2.22. The van der Waals surface area contributed by atoms with Crippen LogP contribution in [-0.2, 0) is 30.7 Å². The Kier molecular flexibility index (Phi) is 8.38. The van der Waals surface area contributed by atoms with E-state index in [1.54, 1.807) is 24.4 Å². The Hall–Kier alpha value is -4.25. The van der Waals surface area contributed by atoms with E-state index in [1.807, 2.05) is 72.8 Å². The van der Waals surface area contributed by atoms with Crippen molar-refractivity contribution in [1.29, 1.82) is 0 Å². The van der Waals surface area contributed by atoms with Crippen molar-refractivity contribution in [3.63, 3.8) is 0 Å². The van der Waals surface area contributed by atoms with Gasteiger partial charge in [-0.2, -0.15) is 0 Å². The lowest BCUT2D eigenvalue weighted by atomic mass is 9.99. The fourth-order valence-corrected chi connectivity index (χ4v) is 3.92. The van der Waals surface area contributed by atoms with Gasteiger partial charge in [0.2, 0.25) is 5.91 Å². The molecule has 0 spiro atoms. The van der Waals surface area contributed by atoms with E-state index >= 15 is 0 Å². The van der Waals surface area contributed by atoms with E-state index < -0.39 is 0 Å². The Morgan fingerprint density at radius 1 is 0.743 bits per heavy atom. The van der Waals surface area contributed by atoms with Crippen molar-refractivity contribution < 1.29 is 14.3 Å². The molecule has 1 aromatic heterocycles. The van der Waals surface area contributed by atoms with Crippen LogP contribution in [0, 0.1) is 0 Å². The van der Waals surface area contributed by atoms with Crippen molar-refractivity contribution in [2.24, 2.45) is 0 Å². The minimum atomic E-state index is -0.381. The summed E-state index contributed by atoms with van der Waals surface area (Å²) >= 11 is 0. The number of hydrogen-bond donors (Lipinski definition) is 1. The number of carbonyl (C=O) groups is 2. The fraction of sp³-hybridized carbons (Fsp3) is 0.167. The first-order chi connectivity index (χ1) is 17.2. The lowest BCUT2D eigenvalue weighted by Crippen LogP contribution is -2.32. The molecule has 4 aromatic rings. The van der Waals surface area contributed by atoms with Gasteiger partial charge in [0, 0.05) is 17.5 Å². The molecule has 0 unspecified atom stereocenters. The molecule has 4 rings (SSSR count). The van der Waals surface area contributed by atoms with Crippen LogP contribution in [0.5, 0.6) is 5.75 Å². The molecule has 3 aromatic carbocycles. The third-order valence-corrected chi connectivity index (χ3v) is 5.68. The summed E-state index contributed by atoms with van der Waals surface area (Å²) in [4.78, 5) is 29.3. The largest absolute Gasteiger partial charge is 0.489 e. The number of aromatic nitrogens is 1. The van der Waals surface area contributed by atoms with Gasteiger partial charge < -0.3 is 4.74 Å². The Morgan fingerprint density at radius 2 is 1.43 bits per heavy atom. The van der Waals surface area contributed by atoms with E-state index in [0.29, 0.717) is 24.3 Å². The molecule has 35 heavy (non-hydrogen) atoms. The molecule has 0 aliphatic carbocycles. The zero-order chi connectivity index (χ0) is 24.3. The van der Waals surface area contributed by atoms with E-state index in [0.717, 1.165) is 35.3 Å². The van der Waals surface area contributed by atoms with Gasteiger partial charge >= 0.3 is 0 Å². The third kappa shape index (κ3) is 7.11. The van der Waals surface area contributed by atoms with E-state index in [4.69, 9.17) is 4.74 Å². The number of rotatable bonds is 10. The highest BCUT2D eigenvalue weighted by molar-refractivity contribution is 6.05. The predicted octanol–water partition coefficient (Wildman–Crippen LogP) is 5.34. The highest BCUT2D eigenvalue weighted by atomic mass is 16.5. The first-order valence-electron chi connectivity index (χ1n) is 11.8. The quantitative estimate of drug-likeness (QED) is 0.344. The van der Waals surface area contributed by atoms with Crippen molar-refractivity contribution >= 4 is 11.8 Å². The standard InChI is InChI=1S/C30H28N2O3/c33-29(21-26-17-8-9-20-31-26)32-30(34)27-18-6-4-13-24(27)15-10-16-25-14-5-7-19-28(25)35-22-23-11-2-1-3-12-23/h1-9,11-14,17-20H,10,15-16,21-22H2,(H,32,33,34). The van der Waals surface area contributed by atoms with Gasteiger partial charge in [0.1, 0.15) is 12.4 Å². The number of aryl methyl sites for hydroxylation is 2. The number of hydrogen-bond acceptors (Lipinski definition) is 4. The van der Waals surface area contributed by atoms with Crippen LogP contribution in [0.4, 0.5) is 0 Å². The molecule has 2 amide bonds. The smallest absolute Gasteiger partial charge is 0.258 e. The van der Waals surface area contributed by atoms with E-state index in [2.05, 4.69) is 16.4 Å². The Morgan fingerprint density at radius 3 is 2.23 bits per heavy atom. The Bertz CT molecular complexity index is 1260. The Balaban J connectivity index is 1.34. The van der Waals surface area contributed by atoms with Gasteiger partial charge in [-0.3, -0.25) is 19.9 Å². The van der Waals surface area contributed by atoms with E-state index in [1.165, 1.54) is 0 Å². The van der Waals surface area contributed by atoms with Crippen LogP contribution >= 0.6 is 0 Å². The number of imide groups is 1. The summed E-state index contributed by atoms with van der Waals surface area (Å²) in [6.07, 6.45) is 4.07. The SMILES string of the molecule is O=C(Cc1ccccn1)NC(=O)c1ccccc1CCCc1ccccc1OCc1ccccc1. The summed E-state index contributed by atoms with van der Waals surface area (Å²) in [5.41, 5.74) is 4.32. The number of pyridine rings is 1. The molecular formula is C30H28N2O3. The van der Waals surface area contributed by atoms with Crippen molar-refractivity contribution in [2.45, 2.75) is 32.3 Å². The number of benzene rings is 3. The molecule has 0 bridgehead atoms. The number of nitrogens with one attached hydrogen (secondary N) is 1. The first kappa shape index (κ1) is 23.9. The topological polar surface area (TPSA) is 68.3 Å². The molecule has 176 valence electrons. The molecule has 0 saturated heterocycles. The second-order valence-corrected chi connectivity index (χ2v) is 8.27. The molecular weight excluding hydrogens is 436 g/mol. The van der Waals surface area contributed by atoms with Crippen LogP contribution in [-0.4, -0.2) is 16.8 Å². The highest BCUT2D eigenvalue weighted by Gasteiger charge is 2.15. The first-order valence-corrected chi connectivity index (χ1v) is 11.8. The summed E-state index contributed by atoms with van der Waals surface area (Å²) < 4.78 is 6.07. The fourth-order valence-electron chi connectivity index (χ4n) is 3.92. The molecule has 0 aliphatic heterocycles. The van der Waals surface area contributed by atoms with Crippen LogP contribution in [0.3, 0.4) is 0 Å². The summed E-state index contributed by atoms with van der Waals surface area (Å²) in [7, 11) is 0. The number of amides is 2. The molecule has 5 heteroatoms. The van der Waals surface area contributed by atoms with Gasteiger partial charge in [0.05, 0.1) is 6.42 Å². The lowest BCUT2D eigenvalue weighted by Gasteiger charge is -2.13. The van der Waals surface area contributed by atoms with Crippen molar-refractivity contribution in [2.75, 3.05) is 0 Å². The van der Waals surface area contributed by atoms with Gasteiger partial charge in [0.15, 0.2) is 0 Å². The van der Waals surface area contributed by atoms with E-state index in [-0.39, 0.29) is 18.2 Å². The zero-order valence-electron chi connectivity index (χ0n) is 19.5. The maximum atomic E-state index is 12.8. The Labute approximate surface area is 205 Å². The molecule has 0 fully saturated rings. The maximum absolute atomic E-state index is 12.8. The molecule has 5 nitrogen and oxygen atoms in total. The average molecular weight is 465 g/mol. The molecule has 0 atom stereocenters. The molecule has 0 aliphatic rings. The summed E-state index contributed by atoms with van der Waals surface area (Å²) in [6.45, 7) is 0.521. The van der Waals surface area contributed by atoms with Crippen LogP contribution < -0.4 is 10.1 Å². The van der Waals surface area contributed by atoms with E-state index in [9.17, 15) is 9.59 Å². The van der Waals surface area contributed by atoms with Gasteiger partial charge in [-0.15, -0.1) is 0 Å². The average Bonchev–Trinajstić information content (AvgIpc) is 2.89. The predicted molar refractivity (Wildman–Crippen MR) is 136 cm³/mol. The molecule has 1 heterocycles. The summed E-state index contributed by atoms with van der Waals surface area (Å²) in [5.74, 6) is 0.128. The molecule has 1 N–H and O–H groups in total. The second kappa shape index (κ2) is 12.3. The van der Waals surface area contributed by atoms with Crippen molar-refractivity contribution in [3.05, 3.63) is 131 Å². The number of nitrogens with zero attached hydrogens (tertiary/aromatic N) is 1. The van der Waals surface area contributed by atoms with Crippen LogP contribution in [0.15, 0.2) is 103 Å². The number of ether oxygens (including phenoxy) is 1. The summed E-state index contributed by atoms with van der Waals surface area (Å²) in [5, 5.41) is 2.50. The minimum absolute atomic E-state index is 0.0640. The summed E-state index contributed by atoms with van der Waals surface area (Å²) in [6, 6.07) is 31.0. The lowest BCUT2D eigenvalue weighted by molar-refractivity contribution is -0.119. The van der Waals surface area contributed by atoms with Crippen LogP contribution in [0.2, 0.25) is 0 Å². The minimum Gasteiger partial charge on any atom is -0.489 e. The van der Waals surface area contributed by atoms with Crippen LogP contribution in [0.1, 0.15) is 39.2 Å². The zero-order valence-corrected chi connectivity index (χ0v) is 19.5. The molecule has 0 saturated carbocycles. The van der Waals surface area contributed by atoms with Gasteiger partial charge in [0.25, 0.3) is 5.91 Å².